The Morgan fingerprint density at radius 1 is 1.00 bits per heavy atom. The summed E-state index contributed by atoms with van der Waals surface area (Å²) in [6.07, 6.45) is 0. The van der Waals surface area contributed by atoms with Crippen molar-refractivity contribution in [3.63, 3.8) is 0 Å². The van der Waals surface area contributed by atoms with Crippen LogP contribution in [0.2, 0.25) is 10.0 Å². The Morgan fingerprint density at radius 3 is 2.44 bits per heavy atom. The van der Waals surface area contributed by atoms with Crippen molar-refractivity contribution in [2.45, 2.75) is 19.5 Å². The average molecular weight is 280 g/mol. The van der Waals surface area contributed by atoms with Crippen LogP contribution in [0, 0.1) is 0 Å². The Balaban J connectivity index is 2.02. The van der Waals surface area contributed by atoms with Gasteiger partial charge in [-0.2, -0.15) is 0 Å². The number of rotatable bonds is 4. The van der Waals surface area contributed by atoms with E-state index in [-0.39, 0.29) is 6.04 Å². The molecule has 2 aromatic rings. The van der Waals surface area contributed by atoms with Gasteiger partial charge in [0.2, 0.25) is 0 Å². The molecule has 0 heterocycles. The SMILES string of the molecule is C[C@@H](NCc1cccc(Cl)c1Cl)c1ccccc1. The fourth-order valence-corrected chi connectivity index (χ4v) is 2.19. The van der Waals surface area contributed by atoms with Gasteiger partial charge in [0.15, 0.2) is 0 Å². The zero-order chi connectivity index (χ0) is 13.0. The quantitative estimate of drug-likeness (QED) is 0.844. The maximum Gasteiger partial charge on any atom is 0.0637 e. The summed E-state index contributed by atoms with van der Waals surface area (Å²) in [4.78, 5) is 0. The van der Waals surface area contributed by atoms with Crippen molar-refractivity contribution >= 4 is 23.2 Å². The van der Waals surface area contributed by atoms with Gasteiger partial charge < -0.3 is 5.32 Å². The minimum atomic E-state index is 0.279. The molecule has 1 N–H and O–H groups in total. The highest BCUT2D eigenvalue weighted by molar-refractivity contribution is 6.42. The highest BCUT2D eigenvalue weighted by Gasteiger charge is 2.07. The number of hydrogen-bond acceptors (Lipinski definition) is 1. The van der Waals surface area contributed by atoms with E-state index in [1.54, 1.807) is 6.07 Å². The predicted molar refractivity (Wildman–Crippen MR) is 78.2 cm³/mol. The summed E-state index contributed by atoms with van der Waals surface area (Å²) >= 11 is 12.1. The molecule has 3 heteroatoms. The van der Waals surface area contributed by atoms with Crippen LogP contribution in [0.25, 0.3) is 0 Å². The van der Waals surface area contributed by atoms with Gasteiger partial charge in [-0.1, -0.05) is 65.7 Å². The van der Waals surface area contributed by atoms with E-state index in [9.17, 15) is 0 Å². The fourth-order valence-electron chi connectivity index (χ4n) is 1.81. The van der Waals surface area contributed by atoms with Crippen molar-refractivity contribution in [2.75, 3.05) is 0 Å². The molecule has 2 aromatic carbocycles. The summed E-state index contributed by atoms with van der Waals surface area (Å²) < 4.78 is 0. The first kappa shape index (κ1) is 13.4. The van der Waals surface area contributed by atoms with Crippen LogP contribution in [0.15, 0.2) is 48.5 Å². The first-order valence-corrected chi connectivity index (χ1v) is 6.65. The van der Waals surface area contributed by atoms with E-state index in [1.807, 2.05) is 30.3 Å². The minimum absolute atomic E-state index is 0.279. The number of benzene rings is 2. The minimum Gasteiger partial charge on any atom is -0.306 e. The Hall–Kier alpha value is -1.02. The van der Waals surface area contributed by atoms with Crippen LogP contribution >= 0.6 is 23.2 Å². The lowest BCUT2D eigenvalue weighted by Gasteiger charge is -2.15. The van der Waals surface area contributed by atoms with E-state index in [0.717, 1.165) is 5.56 Å². The maximum absolute atomic E-state index is 6.15. The van der Waals surface area contributed by atoms with Crippen molar-refractivity contribution in [1.82, 2.24) is 5.32 Å². The second kappa shape index (κ2) is 6.24. The topological polar surface area (TPSA) is 12.0 Å². The summed E-state index contributed by atoms with van der Waals surface area (Å²) in [6, 6.07) is 16.3. The van der Waals surface area contributed by atoms with Gasteiger partial charge >= 0.3 is 0 Å². The number of nitrogens with one attached hydrogen (secondary N) is 1. The Bertz CT molecular complexity index is 511. The van der Waals surface area contributed by atoms with Crippen molar-refractivity contribution in [1.29, 1.82) is 0 Å². The third-order valence-corrected chi connectivity index (χ3v) is 3.79. The van der Waals surface area contributed by atoms with Gasteiger partial charge in [-0.25, -0.2) is 0 Å². The van der Waals surface area contributed by atoms with Crippen LogP contribution in [-0.4, -0.2) is 0 Å². The highest BCUT2D eigenvalue weighted by Crippen LogP contribution is 2.25. The molecule has 0 aliphatic carbocycles. The molecule has 0 spiro atoms. The molecule has 1 nitrogen and oxygen atoms in total. The van der Waals surface area contributed by atoms with Crippen LogP contribution in [0.1, 0.15) is 24.1 Å². The van der Waals surface area contributed by atoms with Crippen LogP contribution in [-0.2, 0) is 6.54 Å². The lowest BCUT2D eigenvalue weighted by molar-refractivity contribution is 0.575. The predicted octanol–water partition coefficient (Wildman–Crippen LogP) is 4.84. The molecule has 0 aliphatic heterocycles. The lowest BCUT2D eigenvalue weighted by Crippen LogP contribution is -2.18. The molecular weight excluding hydrogens is 265 g/mol. The molecule has 0 bridgehead atoms. The summed E-state index contributed by atoms with van der Waals surface area (Å²) in [7, 11) is 0. The third-order valence-electron chi connectivity index (χ3n) is 2.93. The largest absolute Gasteiger partial charge is 0.306 e. The first-order valence-electron chi connectivity index (χ1n) is 5.89. The van der Waals surface area contributed by atoms with Crippen molar-refractivity contribution in [3.05, 3.63) is 69.7 Å². The molecule has 0 aromatic heterocycles. The molecule has 0 aliphatic rings. The monoisotopic (exact) mass is 279 g/mol. The number of hydrogen-bond donors (Lipinski definition) is 1. The highest BCUT2D eigenvalue weighted by atomic mass is 35.5. The van der Waals surface area contributed by atoms with Gasteiger partial charge in [0.05, 0.1) is 10.0 Å². The molecule has 0 radical (unpaired) electrons. The zero-order valence-corrected chi connectivity index (χ0v) is 11.7. The lowest BCUT2D eigenvalue weighted by atomic mass is 10.1. The molecule has 0 saturated heterocycles. The van der Waals surface area contributed by atoms with Gasteiger partial charge in [-0.3, -0.25) is 0 Å². The Kier molecular flexibility index (Phi) is 4.65. The molecule has 0 unspecified atom stereocenters. The molecule has 1 atom stereocenters. The van der Waals surface area contributed by atoms with Crippen LogP contribution in [0.3, 0.4) is 0 Å². The second-order valence-corrected chi connectivity index (χ2v) is 5.01. The van der Waals surface area contributed by atoms with Crippen molar-refractivity contribution in [3.8, 4) is 0 Å². The summed E-state index contributed by atoms with van der Waals surface area (Å²) in [6.45, 7) is 2.84. The van der Waals surface area contributed by atoms with Gasteiger partial charge in [0.25, 0.3) is 0 Å². The van der Waals surface area contributed by atoms with Crippen molar-refractivity contribution in [2.24, 2.45) is 0 Å². The molecule has 18 heavy (non-hydrogen) atoms. The van der Waals surface area contributed by atoms with E-state index in [0.29, 0.717) is 16.6 Å². The molecule has 2 rings (SSSR count). The van der Waals surface area contributed by atoms with E-state index in [1.165, 1.54) is 5.56 Å². The Labute approximate surface area is 118 Å². The molecule has 0 fully saturated rings. The summed E-state index contributed by atoms with van der Waals surface area (Å²) in [5.74, 6) is 0. The van der Waals surface area contributed by atoms with E-state index in [2.05, 4.69) is 24.4 Å². The molecular formula is C15H15Cl2N. The van der Waals surface area contributed by atoms with Gasteiger partial charge in [-0.05, 0) is 24.1 Å². The average Bonchev–Trinajstić information content (AvgIpc) is 2.41. The molecule has 0 amide bonds. The zero-order valence-electron chi connectivity index (χ0n) is 10.2. The van der Waals surface area contributed by atoms with E-state index in [4.69, 9.17) is 23.2 Å². The van der Waals surface area contributed by atoms with Crippen LogP contribution in [0.4, 0.5) is 0 Å². The van der Waals surface area contributed by atoms with Gasteiger partial charge in [-0.15, -0.1) is 0 Å². The van der Waals surface area contributed by atoms with E-state index < -0.39 is 0 Å². The van der Waals surface area contributed by atoms with E-state index >= 15 is 0 Å². The van der Waals surface area contributed by atoms with Crippen LogP contribution in [0.5, 0.6) is 0 Å². The summed E-state index contributed by atoms with van der Waals surface area (Å²) in [5.41, 5.74) is 2.28. The summed E-state index contributed by atoms with van der Waals surface area (Å²) in [5, 5.41) is 4.67. The Morgan fingerprint density at radius 2 is 1.72 bits per heavy atom. The van der Waals surface area contributed by atoms with Crippen molar-refractivity contribution < 1.29 is 0 Å². The maximum atomic E-state index is 6.15. The van der Waals surface area contributed by atoms with Gasteiger partial charge in [0.1, 0.15) is 0 Å². The van der Waals surface area contributed by atoms with Crippen LogP contribution < -0.4 is 5.32 Å². The third kappa shape index (κ3) is 3.26. The molecule has 0 saturated carbocycles. The standard InChI is InChI=1S/C15H15Cl2N/c1-11(12-6-3-2-4-7-12)18-10-13-8-5-9-14(16)15(13)17/h2-9,11,18H,10H2,1H3/t11-/m1/s1. The number of halogens is 2. The smallest absolute Gasteiger partial charge is 0.0637 e. The first-order chi connectivity index (χ1) is 8.68. The van der Waals surface area contributed by atoms with Gasteiger partial charge in [0, 0.05) is 12.6 Å². The molecule has 94 valence electrons. The fraction of sp³-hybridized carbons (Fsp3) is 0.200. The normalized spacial score (nSPS) is 12.4. The second-order valence-electron chi connectivity index (χ2n) is 4.23.